The molecule has 41 heavy (non-hydrogen) atoms. The number of hydrogen-bond acceptors (Lipinski definition) is 9. The van der Waals surface area contributed by atoms with Gasteiger partial charge in [0, 0.05) is 85.3 Å². The first-order valence-electron chi connectivity index (χ1n) is 13.4. The highest BCUT2D eigenvalue weighted by Gasteiger charge is 2.20. The van der Waals surface area contributed by atoms with E-state index in [4.69, 9.17) is 16.6 Å². The van der Waals surface area contributed by atoms with Crippen molar-refractivity contribution in [2.75, 3.05) is 55.0 Å². The van der Waals surface area contributed by atoms with Gasteiger partial charge >= 0.3 is 0 Å². The molecule has 0 aliphatic carbocycles. The molecule has 1 aliphatic rings. The fraction of sp³-hybridized carbons (Fsp3) is 0.276. The molecule has 0 radical (unpaired) electrons. The van der Waals surface area contributed by atoms with Crippen LogP contribution in [0.5, 0.6) is 0 Å². The lowest BCUT2D eigenvalue weighted by molar-refractivity contribution is 0.589. The summed E-state index contributed by atoms with van der Waals surface area (Å²) in [5.74, 6) is 0.970. The van der Waals surface area contributed by atoms with Crippen molar-refractivity contribution in [3.05, 3.63) is 65.8 Å². The van der Waals surface area contributed by atoms with Crippen LogP contribution in [0.3, 0.4) is 0 Å². The molecular formula is C29H32ClN10P. The second kappa shape index (κ2) is 11.6. The summed E-state index contributed by atoms with van der Waals surface area (Å²) in [5.41, 5.74) is 8.05. The van der Waals surface area contributed by atoms with Crippen molar-refractivity contribution < 1.29 is 0 Å². The average molecular weight is 587 g/mol. The highest BCUT2D eigenvalue weighted by Crippen LogP contribution is 2.37. The van der Waals surface area contributed by atoms with E-state index in [1.54, 1.807) is 18.6 Å². The van der Waals surface area contributed by atoms with Gasteiger partial charge in [-0.15, -0.1) is 0 Å². The Morgan fingerprint density at radius 1 is 0.976 bits per heavy atom. The minimum absolute atomic E-state index is 0.430. The lowest BCUT2D eigenvalue weighted by Gasteiger charge is -2.32. The van der Waals surface area contributed by atoms with Crippen molar-refractivity contribution in [1.82, 2.24) is 35.0 Å². The highest BCUT2D eigenvalue weighted by atomic mass is 35.5. The molecule has 6 rings (SSSR count). The summed E-state index contributed by atoms with van der Waals surface area (Å²) in [6.07, 6.45) is 9.01. The van der Waals surface area contributed by atoms with Gasteiger partial charge in [-0.25, -0.2) is 4.98 Å². The van der Waals surface area contributed by atoms with Crippen molar-refractivity contribution in [1.29, 1.82) is 0 Å². The van der Waals surface area contributed by atoms with Gasteiger partial charge in [-0.3, -0.25) is 14.6 Å². The number of benzene rings is 2. The Bertz CT molecular complexity index is 1710. The van der Waals surface area contributed by atoms with Crippen LogP contribution in [0.4, 0.5) is 28.8 Å². The first kappa shape index (κ1) is 27.3. The average Bonchev–Trinajstić information content (AvgIpc) is 3.41. The molecule has 210 valence electrons. The van der Waals surface area contributed by atoms with Gasteiger partial charge in [0.25, 0.3) is 0 Å². The summed E-state index contributed by atoms with van der Waals surface area (Å²) in [5, 5.41) is 16.3. The van der Waals surface area contributed by atoms with Crippen molar-refractivity contribution in [3.63, 3.8) is 0 Å². The zero-order valence-electron chi connectivity index (χ0n) is 23.5. The lowest BCUT2D eigenvalue weighted by atomic mass is 10.0. The maximum Gasteiger partial charge on any atom is 0.229 e. The van der Waals surface area contributed by atoms with Crippen LogP contribution in [0.1, 0.15) is 5.56 Å². The number of rotatable bonds is 7. The molecule has 0 spiro atoms. The molecule has 0 unspecified atom stereocenters. The van der Waals surface area contributed by atoms with Gasteiger partial charge in [0.15, 0.2) is 5.82 Å². The summed E-state index contributed by atoms with van der Waals surface area (Å²) in [6.45, 7) is 10.3. The van der Waals surface area contributed by atoms with E-state index >= 15 is 0 Å². The van der Waals surface area contributed by atoms with Crippen molar-refractivity contribution in [2.24, 2.45) is 7.05 Å². The minimum atomic E-state index is -0.489. The molecule has 0 saturated carbocycles. The third kappa shape index (κ3) is 5.68. The Balaban J connectivity index is 1.35. The van der Waals surface area contributed by atoms with Crippen LogP contribution in [0.15, 0.2) is 55.2 Å². The van der Waals surface area contributed by atoms with Crippen LogP contribution < -0.4 is 26.2 Å². The number of piperazine rings is 1. The molecule has 1 aliphatic heterocycles. The molecule has 1 saturated heterocycles. The first-order valence-corrected chi connectivity index (χ1v) is 16.1. The maximum atomic E-state index is 6.59. The number of halogens is 1. The zero-order valence-corrected chi connectivity index (χ0v) is 25.1. The molecule has 12 heteroatoms. The fourth-order valence-electron chi connectivity index (χ4n) is 5.12. The topological polar surface area (TPSA) is 109 Å². The second-order valence-corrected chi connectivity index (χ2v) is 12.9. The van der Waals surface area contributed by atoms with Crippen LogP contribution in [-0.2, 0) is 7.05 Å². The Morgan fingerprint density at radius 3 is 2.54 bits per heavy atom. The van der Waals surface area contributed by atoms with Crippen molar-refractivity contribution in [3.8, 4) is 11.1 Å². The standard InChI is InChI=1S/C29H32ClN10P/c1-18-13-25(40-11-9-31-10-12-40)20(19-15-35-39(2)17-19)14-24(18)37-29-34-16-21(30)28(38-29)36-23-6-5-22-26(27(23)41(3)4)33-8-7-32-22/h5-8,13-17,31H,9-12H2,1-4H3,(H2,34,36,37,38). The van der Waals surface area contributed by atoms with E-state index < -0.39 is 7.92 Å². The summed E-state index contributed by atoms with van der Waals surface area (Å²) >= 11 is 6.59. The fourth-order valence-corrected chi connectivity index (χ4v) is 6.47. The van der Waals surface area contributed by atoms with E-state index in [9.17, 15) is 0 Å². The van der Waals surface area contributed by atoms with Crippen molar-refractivity contribution >= 4 is 64.7 Å². The van der Waals surface area contributed by atoms with Gasteiger partial charge in [-0.1, -0.05) is 19.5 Å². The smallest absolute Gasteiger partial charge is 0.229 e. The molecule has 0 amide bonds. The summed E-state index contributed by atoms with van der Waals surface area (Å²) in [6, 6.07) is 8.37. The number of aromatic nitrogens is 6. The predicted octanol–water partition coefficient (Wildman–Crippen LogP) is 5.05. The maximum absolute atomic E-state index is 6.59. The second-order valence-electron chi connectivity index (χ2n) is 10.2. The van der Waals surface area contributed by atoms with Crippen LogP contribution >= 0.6 is 19.5 Å². The first-order chi connectivity index (χ1) is 19.9. The Labute approximate surface area is 245 Å². The molecule has 3 aromatic heterocycles. The third-order valence-electron chi connectivity index (χ3n) is 7.12. The Hall–Kier alpha value is -3.85. The quantitative estimate of drug-likeness (QED) is 0.226. The largest absolute Gasteiger partial charge is 0.368 e. The Morgan fingerprint density at radius 2 is 1.78 bits per heavy atom. The number of aryl methyl sites for hydroxylation is 2. The van der Waals surface area contributed by atoms with Gasteiger partial charge in [0.05, 0.1) is 23.4 Å². The molecule has 4 heterocycles. The predicted molar refractivity (Wildman–Crippen MR) is 170 cm³/mol. The van der Waals surface area contributed by atoms with Gasteiger partial charge in [0.1, 0.15) is 5.02 Å². The molecule has 2 aromatic carbocycles. The highest BCUT2D eigenvalue weighted by molar-refractivity contribution is 7.65. The van der Waals surface area contributed by atoms with Gasteiger partial charge in [-0.2, -0.15) is 10.1 Å². The summed E-state index contributed by atoms with van der Waals surface area (Å²) in [4.78, 5) is 20.8. The molecule has 3 N–H and O–H groups in total. The minimum Gasteiger partial charge on any atom is -0.368 e. The van der Waals surface area contributed by atoms with E-state index in [0.29, 0.717) is 16.8 Å². The SMILES string of the molecule is Cc1cc(N2CCNCC2)c(-c2cnn(C)c2)cc1Nc1ncc(Cl)c(Nc2ccc3nccnc3c2P(C)C)n1. The van der Waals surface area contributed by atoms with Crippen LogP contribution in [0, 0.1) is 6.92 Å². The Kier molecular flexibility index (Phi) is 7.71. The summed E-state index contributed by atoms with van der Waals surface area (Å²) in [7, 11) is 1.45. The lowest BCUT2D eigenvalue weighted by Crippen LogP contribution is -2.43. The zero-order chi connectivity index (χ0) is 28.5. The molecule has 10 nitrogen and oxygen atoms in total. The van der Waals surface area contributed by atoms with E-state index in [2.05, 4.69) is 73.3 Å². The number of nitrogens with zero attached hydrogens (tertiary/aromatic N) is 7. The summed E-state index contributed by atoms with van der Waals surface area (Å²) < 4.78 is 1.83. The number of anilines is 5. The number of fused-ring (bicyclic) bond motifs is 1. The van der Waals surface area contributed by atoms with E-state index in [1.165, 1.54) is 5.69 Å². The van der Waals surface area contributed by atoms with E-state index in [0.717, 1.165) is 70.6 Å². The van der Waals surface area contributed by atoms with E-state index in [-0.39, 0.29) is 0 Å². The molecule has 1 fully saturated rings. The van der Waals surface area contributed by atoms with Crippen LogP contribution in [0.2, 0.25) is 5.02 Å². The molecule has 5 aromatic rings. The van der Waals surface area contributed by atoms with Gasteiger partial charge in [0.2, 0.25) is 5.95 Å². The number of nitrogens with one attached hydrogen (secondary N) is 3. The molecule has 0 atom stereocenters. The number of hydrogen-bond donors (Lipinski definition) is 3. The van der Waals surface area contributed by atoms with Gasteiger partial charge in [-0.05, 0) is 50.1 Å². The molecule has 0 bridgehead atoms. The van der Waals surface area contributed by atoms with E-state index in [1.807, 2.05) is 36.3 Å². The normalized spacial score (nSPS) is 13.7. The van der Waals surface area contributed by atoms with Gasteiger partial charge < -0.3 is 20.9 Å². The molecular weight excluding hydrogens is 555 g/mol. The monoisotopic (exact) mass is 586 g/mol. The van der Waals surface area contributed by atoms with Crippen LogP contribution in [0.25, 0.3) is 22.2 Å². The van der Waals surface area contributed by atoms with Crippen LogP contribution in [-0.4, -0.2) is 69.2 Å². The van der Waals surface area contributed by atoms with Crippen molar-refractivity contribution in [2.45, 2.75) is 6.92 Å². The third-order valence-corrected chi connectivity index (χ3v) is 8.74.